The fraction of sp³-hybridized carbons (Fsp3) is 0.462. The van der Waals surface area contributed by atoms with Crippen molar-refractivity contribution in [1.82, 2.24) is 4.98 Å². The number of anilines is 1. The number of allylic oxidation sites excluding steroid dienone is 2. The number of amides is 1. The van der Waals surface area contributed by atoms with Crippen molar-refractivity contribution in [2.24, 2.45) is 5.92 Å². The predicted molar refractivity (Wildman–Crippen MR) is 72.0 cm³/mol. The predicted octanol–water partition coefficient (Wildman–Crippen LogP) is 2.95. The van der Waals surface area contributed by atoms with E-state index in [9.17, 15) is 9.59 Å². The van der Waals surface area contributed by atoms with E-state index in [0.717, 1.165) is 19.3 Å². The summed E-state index contributed by atoms with van der Waals surface area (Å²) in [5.74, 6) is 0.0225. The van der Waals surface area contributed by atoms with E-state index in [2.05, 4.69) is 16.4 Å². The van der Waals surface area contributed by atoms with Gasteiger partial charge in [0.1, 0.15) is 0 Å². The number of carbonyl (C=O) groups excluding carboxylic acids is 2. The lowest BCUT2D eigenvalue weighted by atomic mass is 9.94. The molecule has 1 aromatic rings. The highest BCUT2D eigenvalue weighted by Crippen LogP contribution is 2.25. The van der Waals surface area contributed by atoms with Crippen molar-refractivity contribution in [3.05, 3.63) is 22.7 Å². The highest BCUT2D eigenvalue weighted by molar-refractivity contribution is 7.17. The summed E-state index contributed by atoms with van der Waals surface area (Å²) in [6.45, 7) is 3.30. The number of hydrogen-bond acceptors (Lipinski definition) is 4. The topological polar surface area (TPSA) is 59.1 Å². The molecule has 1 unspecified atom stereocenters. The maximum Gasteiger partial charge on any atom is 0.229 e. The number of thiazole rings is 1. The fourth-order valence-electron chi connectivity index (χ4n) is 2.02. The Bertz CT molecular complexity index is 505. The Hall–Kier alpha value is -1.49. The van der Waals surface area contributed by atoms with E-state index < -0.39 is 0 Å². The highest BCUT2D eigenvalue weighted by atomic mass is 32.1. The lowest BCUT2D eigenvalue weighted by Gasteiger charge is -2.15. The number of nitrogens with one attached hydrogen (secondary N) is 1. The Labute approximate surface area is 110 Å². The standard InChI is InChI=1S/C13H16N2O2S/c1-8-11(9(2)16)18-13(14-8)15-12(17)10-6-4-3-5-7-10/h3-4,10H,5-7H2,1-2H3,(H,14,15,17). The van der Waals surface area contributed by atoms with Gasteiger partial charge in [-0.1, -0.05) is 23.5 Å². The van der Waals surface area contributed by atoms with Gasteiger partial charge in [-0.05, 0) is 26.2 Å². The van der Waals surface area contributed by atoms with Gasteiger partial charge in [0.25, 0.3) is 0 Å². The molecule has 1 atom stereocenters. The average molecular weight is 264 g/mol. The largest absolute Gasteiger partial charge is 0.302 e. The van der Waals surface area contributed by atoms with Crippen molar-refractivity contribution >= 4 is 28.2 Å². The SMILES string of the molecule is CC(=O)c1sc(NC(=O)C2CC=CCC2)nc1C. The highest BCUT2D eigenvalue weighted by Gasteiger charge is 2.20. The van der Waals surface area contributed by atoms with Gasteiger partial charge in [-0.25, -0.2) is 4.98 Å². The maximum atomic E-state index is 12.0. The van der Waals surface area contributed by atoms with Crippen LogP contribution in [0.5, 0.6) is 0 Å². The van der Waals surface area contributed by atoms with E-state index in [1.54, 1.807) is 6.92 Å². The molecule has 1 aliphatic rings. The van der Waals surface area contributed by atoms with Gasteiger partial charge in [0.05, 0.1) is 10.6 Å². The molecule has 1 heterocycles. The Morgan fingerprint density at radius 2 is 2.22 bits per heavy atom. The van der Waals surface area contributed by atoms with Gasteiger partial charge in [-0.15, -0.1) is 0 Å². The van der Waals surface area contributed by atoms with E-state index in [-0.39, 0.29) is 17.6 Å². The number of aryl methyl sites for hydroxylation is 1. The van der Waals surface area contributed by atoms with Crippen LogP contribution in [0.3, 0.4) is 0 Å². The van der Waals surface area contributed by atoms with Crippen LogP contribution in [0.2, 0.25) is 0 Å². The average Bonchev–Trinajstić information content (AvgIpc) is 2.71. The molecule has 0 saturated carbocycles. The number of hydrogen-bond donors (Lipinski definition) is 1. The van der Waals surface area contributed by atoms with Crippen molar-refractivity contribution in [1.29, 1.82) is 0 Å². The summed E-state index contributed by atoms with van der Waals surface area (Å²) in [7, 11) is 0. The van der Waals surface area contributed by atoms with Gasteiger partial charge in [0.15, 0.2) is 10.9 Å². The number of Topliss-reactive ketones (excluding diaryl/α,β-unsaturated/α-hetero) is 1. The van der Waals surface area contributed by atoms with Gasteiger partial charge in [-0.3, -0.25) is 9.59 Å². The molecule has 1 aromatic heterocycles. The van der Waals surface area contributed by atoms with Crippen LogP contribution in [0.4, 0.5) is 5.13 Å². The van der Waals surface area contributed by atoms with Gasteiger partial charge in [0.2, 0.25) is 5.91 Å². The van der Waals surface area contributed by atoms with Crippen LogP contribution in [0.25, 0.3) is 0 Å². The third-order valence-corrected chi connectivity index (χ3v) is 4.16. The van der Waals surface area contributed by atoms with Crippen molar-refractivity contribution < 1.29 is 9.59 Å². The van der Waals surface area contributed by atoms with Crippen LogP contribution in [0, 0.1) is 12.8 Å². The van der Waals surface area contributed by atoms with Crippen LogP contribution in [-0.2, 0) is 4.79 Å². The summed E-state index contributed by atoms with van der Waals surface area (Å²) in [6.07, 6.45) is 6.77. The second-order valence-corrected chi connectivity index (χ2v) is 5.46. The Kier molecular flexibility index (Phi) is 3.91. The molecule has 0 aromatic carbocycles. The minimum Gasteiger partial charge on any atom is -0.302 e. The number of rotatable bonds is 3. The third-order valence-electron chi connectivity index (χ3n) is 2.99. The normalized spacial score (nSPS) is 18.7. The maximum absolute atomic E-state index is 12.0. The molecule has 0 saturated heterocycles. The lowest BCUT2D eigenvalue weighted by molar-refractivity contribution is -0.120. The molecule has 2 rings (SSSR count). The molecule has 0 aliphatic heterocycles. The Morgan fingerprint density at radius 1 is 1.44 bits per heavy atom. The van der Waals surface area contributed by atoms with Crippen molar-refractivity contribution in [2.45, 2.75) is 33.1 Å². The molecule has 1 N–H and O–H groups in total. The molecule has 5 heteroatoms. The smallest absolute Gasteiger partial charge is 0.229 e. The molecule has 96 valence electrons. The van der Waals surface area contributed by atoms with E-state index in [4.69, 9.17) is 0 Å². The molecule has 1 aliphatic carbocycles. The van der Waals surface area contributed by atoms with Crippen LogP contribution in [-0.4, -0.2) is 16.7 Å². The van der Waals surface area contributed by atoms with Crippen LogP contribution in [0.15, 0.2) is 12.2 Å². The Morgan fingerprint density at radius 3 is 2.78 bits per heavy atom. The second kappa shape index (κ2) is 5.44. The van der Waals surface area contributed by atoms with E-state index in [1.807, 2.05) is 6.08 Å². The Balaban J connectivity index is 2.05. The van der Waals surface area contributed by atoms with Crippen molar-refractivity contribution in [3.8, 4) is 0 Å². The molecule has 18 heavy (non-hydrogen) atoms. The quantitative estimate of drug-likeness (QED) is 0.674. The van der Waals surface area contributed by atoms with Crippen LogP contribution in [0.1, 0.15) is 41.6 Å². The number of aromatic nitrogens is 1. The molecule has 1 amide bonds. The lowest BCUT2D eigenvalue weighted by Crippen LogP contribution is -2.23. The first-order chi connectivity index (χ1) is 8.58. The summed E-state index contributed by atoms with van der Waals surface area (Å²) in [4.78, 5) is 28.1. The number of nitrogens with zero attached hydrogens (tertiary/aromatic N) is 1. The van der Waals surface area contributed by atoms with E-state index in [1.165, 1.54) is 18.3 Å². The van der Waals surface area contributed by atoms with Gasteiger partial charge >= 0.3 is 0 Å². The summed E-state index contributed by atoms with van der Waals surface area (Å²) in [5.41, 5.74) is 0.686. The summed E-state index contributed by atoms with van der Waals surface area (Å²) < 4.78 is 0. The van der Waals surface area contributed by atoms with Crippen LogP contribution < -0.4 is 5.32 Å². The van der Waals surface area contributed by atoms with Gasteiger partial charge in [0, 0.05) is 12.8 Å². The monoisotopic (exact) mass is 264 g/mol. The van der Waals surface area contributed by atoms with E-state index >= 15 is 0 Å². The molecule has 4 nitrogen and oxygen atoms in total. The molecule has 0 bridgehead atoms. The molecular formula is C13H16N2O2S. The minimum absolute atomic E-state index is 0.00296. The summed E-state index contributed by atoms with van der Waals surface area (Å²) in [6, 6.07) is 0. The molecule has 0 radical (unpaired) electrons. The third kappa shape index (κ3) is 2.85. The summed E-state index contributed by atoms with van der Waals surface area (Å²) in [5, 5.41) is 3.34. The number of carbonyl (C=O) groups is 2. The summed E-state index contributed by atoms with van der Waals surface area (Å²) >= 11 is 1.25. The minimum atomic E-state index is -0.00824. The second-order valence-electron chi connectivity index (χ2n) is 4.46. The van der Waals surface area contributed by atoms with E-state index in [0.29, 0.717) is 15.7 Å². The molecule has 0 fully saturated rings. The first-order valence-corrected chi connectivity index (χ1v) is 6.84. The van der Waals surface area contributed by atoms with Gasteiger partial charge in [-0.2, -0.15) is 0 Å². The first-order valence-electron chi connectivity index (χ1n) is 6.02. The van der Waals surface area contributed by atoms with Crippen molar-refractivity contribution in [3.63, 3.8) is 0 Å². The first kappa shape index (κ1) is 13.0. The number of ketones is 1. The van der Waals surface area contributed by atoms with Crippen LogP contribution >= 0.6 is 11.3 Å². The molecule has 0 spiro atoms. The zero-order valence-corrected chi connectivity index (χ0v) is 11.3. The molecular weight excluding hydrogens is 248 g/mol. The zero-order chi connectivity index (χ0) is 13.1. The van der Waals surface area contributed by atoms with Crippen molar-refractivity contribution in [2.75, 3.05) is 5.32 Å². The fourth-order valence-corrected chi connectivity index (χ4v) is 2.88. The van der Waals surface area contributed by atoms with Gasteiger partial charge < -0.3 is 5.32 Å². The zero-order valence-electron chi connectivity index (χ0n) is 10.5.